The third-order valence-corrected chi connectivity index (χ3v) is 6.30. The summed E-state index contributed by atoms with van der Waals surface area (Å²) in [6, 6.07) is -0.132. The molecule has 0 aliphatic carbocycles. The molecule has 1 saturated heterocycles. The minimum atomic E-state index is -4.60. The Morgan fingerprint density at radius 3 is 2.42 bits per heavy atom. The molecule has 8 N–H and O–H groups in total. The highest BCUT2D eigenvalue weighted by Gasteiger charge is 2.77. The summed E-state index contributed by atoms with van der Waals surface area (Å²) in [5.41, 5.74) is 8.60. The number of rotatable bonds is 4. The highest BCUT2D eigenvalue weighted by molar-refractivity contribution is 6.18. The molecule has 1 fully saturated rings. The van der Waals surface area contributed by atoms with Gasteiger partial charge in [-0.1, -0.05) is 0 Å². The Kier molecular flexibility index (Phi) is 5.39. The lowest BCUT2D eigenvalue weighted by molar-refractivity contribution is -0.257. The molecule has 1 spiro atoms. The molecule has 1 aromatic rings. The largest absolute Gasteiger partial charge is 0.451 e. The number of alkyl halides is 4. The maximum Gasteiger partial charge on any atom is 0.416 e. The van der Waals surface area contributed by atoms with Gasteiger partial charge in [-0.25, -0.2) is 14.8 Å². The van der Waals surface area contributed by atoms with Crippen molar-refractivity contribution in [1.29, 1.82) is 0 Å². The Bertz CT molecular complexity index is 1020. The summed E-state index contributed by atoms with van der Waals surface area (Å²) >= 11 is 6.07. The molecule has 0 aromatic heterocycles. The maximum absolute atomic E-state index is 12.8. The highest BCUT2D eigenvalue weighted by atomic mass is 35.5. The lowest BCUT2D eigenvalue weighted by atomic mass is 9.86. The number of guanidine groups is 2. The molecular formula is C18H20ClF3N6O5. The van der Waals surface area contributed by atoms with E-state index in [0.29, 0.717) is 12.1 Å². The average Bonchev–Trinajstić information content (AvgIpc) is 3.20. The number of hydrogen-bond acceptors (Lipinski definition) is 11. The Balaban J connectivity index is 1.70. The van der Waals surface area contributed by atoms with Gasteiger partial charge in [-0.3, -0.25) is 0 Å². The molecule has 33 heavy (non-hydrogen) atoms. The first-order valence-corrected chi connectivity index (χ1v) is 10.2. The molecule has 0 bridgehead atoms. The zero-order valence-corrected chi connectivity index (χ0v) is 17.5. The SMILES string of the molecule is NC1=NC2[C@H](CO)N=C(N)N3C(CCl)[C@H](OC(=O)c4ccc(C(F)(F)F)cc4)C(O)(O)C23N1. The van der Waals surface area contributed by atoms with Crippen LogP contribution in [0.25, 0.3) is 0 Å². The van der Waals surface area contributed by atoms with Gasteiger partial charge in [-0.2, -0.15) is 13.2 Å². The van der Waals surface area contributed by atoms with Crippen LogP contribution in [0.5, 0.6) is 0 Å². The van der Waals surface area contributed by atoms with Crippen molar-refractivity contribution in [2.24, 2.45) is 21.5 Å². The first-order chi connectivity index (χ1) is 15.4. The molecule has 3 aliphatic rings. The van der Waals surface area contributed by atoms with Gasteiger partial charge >= 0.3 is 12.1 Å². The van der Waals surface area contributed by atoms with E-state index in [1.807, 2.05) is 0 Å². The van der Waals surface area contributed by atoms with Gasteiger partial charge in [0.1, 0.15) is 12.1 Å². The summed E-state index contributed by atoms with van der Waals surface area (Å²) in [6.07, 6.45) is -6.36. The number of ether oxygens (including phenoxy) is 1. The van der Waals surface area contributed by atoms with Crippen LogP contribution in [-0.4, -0.2) is 86.3 Å². The van der Waals surface area contributed by atoms with Crippen LogP contribution in [0.1, 0.15) is 15.9 Å². The van der Waals surface area contributed by atoms with E-state index in [1.54, 1.807) is 0 Å². The van der Waals surface area contributed by atoms with Crippen molar-refractivity contribution in [3.8, 4) is 0 Å². The van der Waals surface area contributed by atoms with Crippen molar-refractivity contribution in [3.05, 3.63) is 35.4 Å². The van der Waals surface area contributed by atoms with Crippen LogP contribution in [0.2, 0.25) is 0 Å². The highest BCUT2D eigenvalue weighted by Crippen LogP contribution is 2.49. The van der Waals surface area contributed by atoms with E-state index in [9.17, 15) is 33.3 Å². The van der Waals surface area contributed by atoms with Crippen molar-refractivity contribution in [2.75, 3.05) is 12.5 Å². The summed E-state index contributed by atoms with van der Waals surface area (Å²) in [7, 11) is 0. The quantitative estimate of drug-likeness (QED) is 0.166. The number of nitrogens with one attached hydrogen (secondary N) is 1. The summed E-state index contributed by atoms with van der Waals surface area (Å²) in [5.74, 6) is -4.83. The smallest absolute Gasteiger partial charge is 0.416 e. The topological polar surface area (TPSA) is 179 Å². The van der Waals surface area contributed by atoms with Crippen molar-refractivity contribution >= 4 is 29.5 Å². The molecular weight excluding hydrogens is 473 g/mol. The number of aliphatic hydroxyl groups excluding tert-OH is 1. The monoisotopic (exact) mass is 492 g/mol. The van der Waals surface area contributed by atoms with Gasteiger partial charge < -0.3 is 41.7 Å². The van der Waals surface area contributed by atoms with Gasteiger partial charge in [-0.15, -0.1) is 11.6 Å². The van der Waals surface area contributed by atoms with Crippen LogP contribution >= 0.6 is 11.6 Å². The summed E-state index contributed by atoms with van der Waals surface area (Å²) in [6.45, 7) is -0.558. The number of nitrogens with two attached hydrogens (primary N) is 2. The Morgan fingerprint density at radius 1 is 1.24 bits per heavy atom. The van der Waals surface area contributed by atoms with E-state index in [0.717, 1.165) is 12.1 Å². The fraction of sp³-hybridized carbons (Fsp3) is 0.500. The van der Waals surface area contributed by atoms with Crippen LogP contribution in [0, 0.1) is 0 Å². The third kappa shape index (κ3) is 3.27. The van der Waals surface area contributed by atoms with Crippen molar-refractivity contribution in [2.45, 2.75) is 41.9 Å². The van der Waals surface area contributed by atoms with E-state index in [-0.39, 0.29) is 23.4 Å². The second-order valence-corrected chi connectivity index (χ2v) is 8.12. The lowest BCUT2D eigenvalue weighted by Crippen LogP contribution is -2.78. The number of halogens is 4. The molecule has 3 unspecified atom stereocenters. The molecule has 3 heterocycles. The van der Waals surface area contributed by atoms with Crippen molar-refractivity contribution in [3.63, 3.8) is 0 Å². The van der Waals surface area contributed by atoms with Crippen LogP contribution < -0.4 is 16.8 Å². The number of aliphatic hydroxyl groups is 3. The predicted octanol–water partition coefficient (Wildman–Crippen LogP) is -1.49. The van der Waals surface area contributed by atoms with Gasteiger partial charge in [0, 0.05) is 5.88 Å². The van der Waals surface area contributed by atoms with Crippen LogP contribution in [0.4, 0.5) is 13.2 Å². The number of esters is 1. The fourth-order valence-electron chi connectivity index (χ4n) is 4.56. The average molecular weight is 493 g/mol. The molecule has 180 valence electrons. The van der Waals surface area contributed by atoms with Crippen LogP contribution in [-0.2, 0) is 10.9 Å². The van der Waals surface area contributed by atoms with E-state index in [1.165, 1.54) is 4.90 Å². The van der Waals surface area contributed by atoms with E-state index in [2.05, 4.69) is 15.3 Å². The summed E-state index contributed by atoms with van der Waals surface area (Å²) in [5, 5.41) is 34.9. The van der Waals surface area contributed by atoms with Crippen LogP contribution in [0.15, 0.2) is 34.3 Å². The molecule has 0 radical (unpaired) electrons. The minimum Gasteiger partial charge on any atom is -0.451 e. The van der Waals surface area contributed by atoms with Gasteiger partial charge in [0.15, 0.2) is 23.7 Å². The Labute approximate surface area is 189 Å². The van der Waals surface area contributed by atoms with E-state index < -0.39 is 60.0 Å². The minimum absolute atomic E-state index is 0.205. The number of carbonyl (C=O) groups excluding carboxylic acids is 1. The molecule has 5 atom stereocenters. The van der Waals surface area contributed by atoms with Gasteiger partial charge in [0.05, 0.1) is 23.8 Å². The second-order valence-electron chi connectivity index (χ2n) is 7.81. The first kappa shape index (κ1) is 23.4. The van der Waals surface area contributed by atoms with Crippen molar-refractivity contribution in [1.82, 2.24) is 10.2 Å². The van der Waals surface area contributed by atoms with Gasteiger partial charge in [-0.05, 0) is 24.3 Å². The summed E-state index contributed by atoms with van der Waals surface area (Å²) < 4.78 is 43.7. The van der Waals surface area contributed by atoms with Gasteiger partial charge in [0.25, 0.3) is 0 Å². The molecule has 0 amide bonds. The standard InChI is InChI=1S/C18H20ClF3N6O5/c19-5-10-12(33-13(30)7-1-3-8(4-2-7)18(20,21)22)17(31,32)16-11(26-14(23)27-16)9(6-29)25-15(24)28(10)16/h1-4,9-12,29,31-32H,5-6H2,(H2,24,25)(H3,23,26,27)/t9-,10?,11?,12-,16?/m0/s1. The third-order valence-electron chi connectivity index (χ3n) is 5.98. The normalized spacial score (nSPS) is 32.4. The van der Waals surface area contributed by atoms with E-state index in [4.69, 9.17) is 27.8 Å². The first-order valence-electron chi connectivity index (χ1n) is 9.62. The molecule has 4 rings (SSSR count). The molecule has 1 aromatic carbocycles. The molecule has 15 heteroatoms. The number of aliphatic imine (C=N–C) groups is 2. The lowest BCUT2D eigenvalue weighted by Gasteiger charge is -2.49. The zero-order valence-electron chi connectivity index (χ0n) is 16.7. The molecule has 0 saturated carbocycles. The number of hydrogen-bond donors (Lipinski definition) is 6. The zero-order chi connectivity index (χ0) is 24.3. The van der Waals surface area contributed by atoms with Crippen LogP contribution in [0.3, 0.4) is 0 Å². The molecule has 11 nitrogen and oxygen atoms in total. The second kappa shape index (κ2) is 7.62. The fourth-order valence-corrected chi connectivity index (χ4v) is 4.86. The number of benzene rings is 1. The summed E-state index contributed by atoms with van der Waals surface area (Å²) in [4.78, 5) is 22.1. The Hall–Kier alpha value is -2.81. The van der Waals surface area contributed by atoms with E-state index >= 15 is 0 Å². The maximum atomic E-state index is 12.8. The number of nitrogens with zero attached hydrogens (tertiary/aromatic N) is 3. The predicted molar refractivity (Wildman–Crippen MR) is 108 cm³/mol. The molecule has 3 aliphatic heterocycles. The number of carbonyl (C=O) groups is 1. The Morgan fingerprint density at radius 2 is 1.88 bits per heavy atom. The van der Waals surface area contributed by atoms with Gasteiger partial charge in [0.2, 0.25) is 5.79 Å². The van der Waals surface area contributed by atoms with Crippen molar-refractivity contribution < 1.29 is 38.0 Å².